The smallest absolute Gasteiger partial charge is 0.545 e. The van der Waals surface area contributed by atoms with E-state index in [-0.39, 0.29) is 34.1 Å². The summed E-state index contributed by atoms with van der Waals surface area (Å²) in [5.41, 5.74) is 0. The van der Waals surface area contributed by atoms with Gasteiger partial charge in [-0.15, -0.1) is 0 Å². The van der Waals surface area contributed by atoms with Crippen LogP contribution in [0.4, 0.5) is 0 Å². The van der Waals surface area contributed by atoms with E-state index in [2.05, 4.69) is 27.2 Å². The molecule has 0 heterocycles. The predicted octanol–water partition coefficient (Wildman–Crippen LogP) is 1.71. The van der Waals surface area contributed by atoms with Crippen LogP contribution in [0.15, 0.2) is 60.7 Å². The molecule has 0 aliphatic rings. The van der Waals surface area contributed by atoms with Gasteiger partial charge in [0.25, 0.3) is 0 Å². The topological polar surface area (TPSA) is 68.3 Å². The molecule has 2 aromatic carbocycles. The first-order chi connectivity index (χ1) is 9.00. The third-order valence-corrected chi connectivity index (χ3v) is 1.11. The van der Waals surface area contributed by atoms with E-state index in [1.807, 2.05) is 60.7 Å². The largest absolute Gasteiger partial charge is 3.00 e. The average Bonchev–Trinajstić information content (AvgIpc) is 3.25. The monoisotopic (exact) mass is 358 g/mol. The fourth-order valence-corrected chi connectivity index (χ4v) is 0.642. The van der Waals surface area contributed by atoms with Crippen LogP contribution in [0.3, 0.4) is 0 Å². The van der Waals surface area contributed by atoms with E-state index >= 15 is 0 Å². The molecular formula is C14H14Fe2O4. The van der Waals surface area contributed by atoms with Crippen molar-refractivity contribution in [2.75, 3.05) is 0 Å². The van der Waals surface area contributed by atoms with E-state index in [0.29, 0.717) is 0 Å². The zero-order valence-corrected chi connectivity index (χ0v) is 12.6. The van der Waals surface area contributed by atoms with Gasteiger partial charge in [-0.1, -0.05) is 0 Å². The van der Waals surface area contributed by atoms with Gasteiger partial charge >= 0.3 is 34.1 Å². The molecule has 0 fully saturated rings. The molecule has 0 atom stereocenters. The van der Waals surface area contributed by atoms with Crippen molar-refractivity contribution >= 4 is 27.2 Å². The Kier molecular flexibility index (Phi) is 120. The van der Waals surface area contributed by atoms with Gasteiger partial charge in [-0.3, -0.25) is 27.2 Å². The normalized spacial score (nSPS) is 4.80. The van der Waals surface area contributed by atoms with Crippen molar-refractivity contribution in [2.24, 2.45) is 0 Å². The van der Waals surface area contributed by atoms with Crippen LogP contribution in [0.1, 0.15) is 0 Å². The molecule has 2 aromatic rings. The second-order valence-corrected chi connectivity index (χ2v) is 1.92. The van der Waals surface area contributed by atoms with Crippen LogP contribution in [-0.4, -0.2) is 27.2 Å². The molecule has 0 unspecified atom stereocenters. The minimum atomic E-state index is 0. The van der Waals surface area contributed by atoms with Crippen molar-refractivity contribution in [3.8, 4) is 0 Å². The fourth-order valence-electron chi connectivity index (χ4n) is 0.642. The second kappa shape index (κ2) is 66.3. The summed E-state index contributed by atoms with van der Waals surface area (Å²) in [5.74, 6) is 0. The summed E-state index contributed by atoms with van der Waals surface area (Å²) in [7, 11) is 0. The summed E-state index contributed by atoms with van der Waals surface area (Å²) in [4.78, 5) is 31.0. The Balaban J connectivity index is -0.0000000311. The maximum Gasteiger partial charge on any atom is 3.00 e. The Morgan fingerprint density at radius 1 is 0.450 bits per heavy atom. The van der Waals surface area contributed by atoms with Crippen molar-refractivity contribution in [3.63, 3.8) is 0 Å². The molecule has 0 amide bonds. The molecule has 2 radical (unpaired) electrons. The quantitative estimate of drug-likeness (QED) is 0.409. The Morgan fingerprint density at radius 2 is 0.600 bits per heavy atom. The summed E-state index contributed by atoms with van der Waals surface area (Å²) in [5, 5.41) is 0. The van der Waals surface area contributed by atoms with Gasteiger partial charge in [0.2, 0.25) is 0 Å². The van der Waals surface area contributed by atoms with E-state index in [0.717, 1.165) is 0 Å². The zero-order chi connectivity index (χ0) is 15.1. The van der Waals surface area contributed by atoms with Gasteiger partial charge in [0, 0.05) is 0 Å². The number of rotatable bonds is 0. The van der Waals surface area contributed by atoms with Crippen molar-refractivity contribution in [1.29, 1.82) is 0 Å². The molecule has 6 heteroatoms. The Hall–Kier alpha value is -1.58. The van der Waals surface area contributed by atoms with Crippen LogP contribution in [0.2, 0.25) is 0 Å². The number of carbonyl (C=O) groups excluding carboxylic acids is 4. The molecule has 20 heavy (non-hydrogen) atoms. The number of hydrogen-bond acceptors (Lipinski definition) is 4. The maximum absolute atomic E-state index is 7.75. The van der Waals surface area contributed by atoms with Gasteiger partial charge in [0.1, 0.15) is 0 Å². The summed E-state index contributed by atoms with van der Waals surface area (Å²) in [6.45, 7) is 13.0. The van der Waals surface area contributed by atoms with Crippen LogP contribution >= 0.6 is 0 Å². The molecular weight excluding hydrogens is 344 g/mol. The van der Waals surface area contributed by atoms with Gasteiger partial charge in [0.05, 0.1) is 0 Å². The minimum Gasteiger partial charge on any atom is -0.545 e. The van der Waals surface area contributed by atoms with Gasteiger partial charge in [-0.05, 0) is 0 Å². The van der Waals surface area contributed by atoms with Crippen molar-refractivity contribution in [2.45, 2.75) is 0 Å². The summed E-state index contributed by atoms with van der Waals surface area (Å²) < 4.78 is 0. The molecule has 0 bridgehead atoms. The molecule has 0 spiro atoms. The molecule has 0 N–H and O–H groups in total. The van der Waals surface area contributed by atoms with Crippen LogP contribution in [0, 0.1) is 0 Å². The van der Waals surface area contributed by atoms with Gasteiger partial charge in [0.15, 0.2) is 0 Å². The average molecular weight is 358 g/mol. The summed E-state index contributed by atoms with van der Waals surface area (Å²) in [6, 6.07) is 20.0. The third kappa shape index (κ3) is 55.1. The first-order valence-corrected chi connectivity index (χ1v) is 4.28. The van der Waals surface area contributed by atoms with E-state index in [1.54, 1.807) is 0 Å². The Bertz CT molecular complexity index is 205. The van der Waals surface area contributed by atoms with Crippen LogP contribution < -0.4 is 0 Å². The first kappa shape index (κ1) is 36.2. The van der Waals surface area contributed by atoms with Gasteiger partial charge in [-0.25, -0.2) is 24.3 Å². The second-order valence-electron chi connectivity index (χ2n) is 1.92. The van der Waals surface area contributed by atoms with E-state index < -0.39 is 0 Å². The van der Waals surface area contributed by atoms with Crippen molar-refractivity contribution in [3.05, 3.63) is 60.7 Å². The first-order valence-electron chi connectivity index (χ1n) is 4.28. The molecule has 4 nitrogen and oxygen atoms in total. The van der Waals surface area contributed by atoms with Gasteiger partial charge in [-0.2, -0.15) is 36.4 Å². The van der Waals surface area contributed by atoms with E-state index in [4.69, 9.17) is 19.2 Å². The predicted molar refractivity (Wildman–Crippen MR) is 71.1 cm³/mol. The number of hydrogen-bond donors (Lipinski definition) is 0. The summed E-state index contributed by atoms with van der Waals surface area (Å²) >= 11 is 0. The van der Waals surface area contributed by atoms with E-state index in [9.17, 15) is 0 Å². The van der Waals surface area contributed by atoms with Crippen LogP contribution in [0.5, 0.6) is 0 Å². The third-order valence-electron chi connectivity index (χ3n) is 1.11. The standard InChI is InChI=1S/2C5H5.4CHO.2Fe/c2*1-2-4-5-3-1;4*1-2;;/h2*1-5H;4*1H;;/q6*-1;2*+3. The molecule has 2 rings (SSSR count). The molecule has 0 aliphatic heterocycles. The van der Waals surface area contributed by atoms with Crippen LogP contribution in [0.25, 0.3) is 0 Å². The Morgan fingerprint density at radius 3 is 0.650 bits per heavy atom. The molecule has 0 saturated heterocycles. The molecule has 0 aromatic heterocycles. The van der Waals surface area contributed by atoms with E-state index in [1.165, 1.54) is 0 Å². The minimum absolute atomic E-state index is 0. The summed E-state index contributed by atoms with van der Waals surface area (Å²) in [6.07, 6.45) is 0. The fraction of sp³-hybridized carbons (Fsp3) is 0. The maximum atomic E-state index is 7.75. The SMILES string of the molecule is [CH-]=O.[CH-]=O.[CH-]=O.[CH-]=O.[Fe+3].[Fe+3].c1cc[cH-]c1.c1cc[cH-]c1. The van der Waals surface area contributed by atoms with Crippen molar-refractivity contribution in [1.82, 2.24) is 0 Å². The molecule has 110 valence electrons. The zero-order valence-electron chi connectivity index (χ0n) is 10.4. The van der Waals surface area contributed by atoms with Gasteiger partial charge < -0.3 is 19.2 Å². The van der Waals surface area contributed by atoms with Crippen LogP contribution in [-0.2, 0) is 53.3 Å². The molecule has 0 aliphatic carbocycles. The Labute approximate surface area is 141 Å². The van der Waals surface area contributed by atoms with Crippen molar-refractivity contribution < 1.29 is 53.3 Å². The molecule has 0 saturated carbocycles.